The number of fused-ring (bicyclic) bond motifs is 1. The fraction of sp³-hybridized carbons (Fsp3) is 0.176. The topological polar surface area (TPSA) is 70.7 Å². The Balaban J connectivity index is 1.97. The van der Waals surface area contributed by atoms with Crippen molar-refractivity contribution in [2.24, 2.45) is 0 Å². The number of aromatic nitrogens is 1. The van der Waals surface area contributed by atoms with Gasteiger partial charge in [-0.15, -0.1) is 0 Å². The van der Waals surface area contributed by atoms with Crippen molar-refractivity contribution in [1.29, 1.82) is 0 Å². The van der Waals surface area contributed by atoms with Gasteiger partial charge in [-0.2, -0.15) is 0 Å². The molecule has 1 aromatic heterocycles. The molecule has 0 atom stereocenters. The van der Waals surface area contributed by atoms with Crippen LogP contribution in [-0.4, -0.2) is 24.6 Å². The van der Waals surface area contributed by atoms with E-state index in [1.54, 1.807) is 12.1 Å². The normalized spacial score (nSPS) is 10.8. The molecule has 0 N–H and O–H groups in total. The first-order chi connectivity index (χ1) is 11.5. The molecule has 0 spiro atoms. The number of Topliss-reactive ketones (excluding diaryl/α,β-unsaturated/α-hetero) is 1. The van der Waals surface area contributed by atoms with Gasteiger partial charge in [0, 0.05) is 11.6 Å². The summed E-state index contributed by atoms with van der Waals surface area (Å²) in [6.45, 7) is -0.273. The highest BCUT2D eigenvalue weighted by atomic mass is 19.1. The lowest BCUT2D eigenvalue weighted by molar-refractivity contribution is 0.0970. The smallest absolute Gasteiger partial charge is 0.420 e. The first-order valence-corrected chi connectivity index (χ1v) is 7.07. The average molecular weight is 331 g/mol. The van der Waals surface area contributed by atoms with Crippen LogP contribution in [0.3, 0.4) is 0 Å². The van der Waals surface area contributed by atoms with Gasteiger partial charge < -0.3 is 13.9 Å². The molecule has 0 aliphatic carbocycles. The Labute approximate surface area is 136 Å². The highest BCUT2D eigenvalue weighted by molar-refractivity contribution is 5.97. The SMILES string of the molecule is COc1ccc(C(=O)Cn2c(=O)oc3ccc(F)cc32)cc1OC. The quantitative estimate of drug-likeness (QED) is 0.672. The fourth-order valence-electron chi connectivity index (χ4n) is 2.43. The van der Waals surface area contributed by atoms with E-state index in [0.717, 1.165) is 10.6 Å². The van der Waals surface area contributed by atoms with Crippen LogP contribution in [0.5, 0.6) is 11.5 Å². The summed E-state index contributed by atoms with van der Waals surface area (Å²) in [5.74, 6) is -0.689. The van der Waals surface area contributed by atoms with E-state index >= 15 is 0 Å². The minimum Gasteiger partial charge on any atom is -0.493 e. The van der Waals surface area contributed by atoms with Gasteiger partial charge in [-0.25, -0.2) is 9.18 Å². The maximum absolute atomic E-state index is 13.4. The molecule has 3 rings (SSSR count). The molecule has 6 nitrogen and oxygen atoms in total. The molecule has 2 aromatic carbocycles. The third-order valence-electron chi connectivity index (χ3n) is 3.64. The number of methoxy groups -OCH3 is 2. The van der Waals surface area contributed by atoms with Crippen molar-refractivity contribution in [3.63, 3.8) is 0 Å². The first kappa shape index (κ1) is 15.8. The highest BCUT2D eigenvalue weighted by Crippen LogP contribution is 2.28. The highest BCUT2D eigenvalue weighted by Gasteiger charge is 2.16. The number of carbonyl (C=O) groups is 1. The minimum atomic E-state index is -0.718. The molecule has 0 unspecified atom stereocenters. The standard InChI is InChI=1S/C17H14FNO5/c1-22-15-5-3-10(7-16(15)23-2)13(20)9-19-12-8-11(18)4-6-14(12)24-17(19)21/h3-8H,9H2,1-2H3. The number of benzene rings is 2. The number of nitrogens with zero attached hydrogens (tertiary/aromatic N) is 1. The van der Waals surface area contributed by atoms with Crippen LogP contribution in [0, 0.1) is 5.82 Å². The summed E-state index contributed by atoms with van der Waals surface area (Å²) in [4.78, 5) is 24.4. The lowest BCUT2D eigenvalue weighted by Crippen LogP contribution is -2.20. The minimum absolute atomic E-state index is 0.224. The number of ether oxygens (including phenoxy) is 2. The van der Waals surface area contributed by atoms with E-state index in [9.17, 15) is 14.0 Å². The lowest BCUT2D eigenvalue weighted by atomic mass is 10.1. The zero-order valence-electron chi connectivity index (χ0n) is 13.0. The second-order valence-electron chi connectivity index (χ2n) is 5.06. The Bertz CT molecular complexity index is 973. The molecule has 0 aliphatic heterocycles. The molecule has 3 aromatic rings. The predicted octanol–water partition coefficient (Wildman–Crippen LogP) is 2.63. The number of rotatable bonds is 5. The Morgan fingerprint density at radius 2 is 1.88 bits per heavy atom. The molecule has 0 aliphatic rings. The molecule has 1 heterocycles. The van der Waals surface area contributed by atoms with Crippen molar-refractivity contribution in [2.45, 2.75) is 6.54 Å². The number of carbonyl (C=O) groups excluding carboxylic acids is 1. The molecule has 124 valence electrons. The fourth-order valence-corrected chi connectivity index (χ4v) is 2.43. The number of hydrogen-bond acceptors (Lipinski definition) is 5. The van der Waals surface area contributed by atoms with Gasteiger partial charge in [0.15, 0.2) is 22.9 Å². The molecule has 0 bridgehead atoms. The Kier molecular flexibility index (Phi) is 4.07. The lowest BCUT2D eigenvalue weighted by Gasteiger charge is -2.09. The van der Waals surface area contributed by atoms with Gasteiger partial charge >= 0.3 is 5.76 Å². The Morgan fingerprint density at radius 1 is 1.12 bits per heavy atom. The number of ketones is 1. The van der Waals surface area contributed by atoms with Crippen LogP contribution in [-0.2, 0) is 6.54 Å². The van der Waals surface area contributed by atoms with E-state index in [1.165, 1.54) is 32.4 Å². The average Bonchev–Trinajstić information content (AvgIpc) is 2.89. The molecule has 0 saturated carbocycles. The van der Waals surface area contributed by atoms with E-state index in [0.29, 0.717) is 17.1 Å². The number of hydrogen-bond donors (Lipinski definition) is 0. The van der Waals surface area contributed by atoms with Gasteiger partial charge in [-0.3, -0.25) is 9.36 Å². The molecule has 0 fully saturated rings. The molecular weight excluding hydrogens is 317 g/mol. The molecular formula is C17H14FNO5. The van der Waals surface area contributed by atoms with Gasteiger partial charge in [-0.1, -0.05) is 0 Å². The third kappa shape index (κ3) is 2.76. The maximum Gasteiger partial charge on any atom is 0.420 e. The summed E-state index contributed by atoms with van der Waals surface area (Å²) < 4.78 is 29.8. The Hall–Kier alpha value is -3.09. The second kappa shape index (κ2) is 6.19. The first-order valence-electron chi connectivity index (χ1n) is 7.07. The van der Waals surface area contributed by atoms with Crippen LogP contribution in [0.2, 0.25) is 0 Å². The molecule has 0 radical (unpaired) electrons. The van der Waals surface area contributed by atoms with Crippen LogP contribution in [0.15, 0.2) is 45.6 Å². The number of oxazole rings is 1. The van der Waals surface area contributed by atoms with Gasteiger partial charge in [0.25, 0.3) is 0 Å². The van der Waals surface area contributed by atoms with E-state index in [1.807, 2.05) is 0 Å². The molecule has 24 heavy (non-hydrogen) atoms. The van der Waals surface area contributed by atoms with Crippen molar-refractivity contribution < 1.29 is 23.1 Å². The summed E-state index contributed by atoms with van der Waals surface area (Å²) in [5, 5.41) is 0. The summed E-state index contributed by atoms with van der Waals surface area (Å²) >= 11 is 0. The number of halogens is 1. The van der Waals surface area contributed by atoms with Gasteiger partial charge in [0.2, 0.25) is 0 Å². The summed E-state index contributed by atoms with van der Waals surface area (Å²) in [6, 6.07) is 8.38. The summed E-state index contributed by atoms with van der Waals surface area (Å²) in [6.07, 6.45) is 0. The van der Waals surface area contributed by atoms with Crippen molar-refractivity contribution in [2.75, 3.05) is 14.2 Å². The van der Waals surface area contributed by atoms with Crippen molar-refractivity contribution in [3.05, 3.63) is 58.3 Å². The van der Waals surface area contributed by atoms with E-state index < -0.39 is 11.6 Å². The molecule has 7 heteroatoms. The second-order valence-corrected chi connectivity index (χ2v) is 5.06. The van der Waals surface area contributed by atoms with Crippen LogP contribution in [0.1, 0.15) is 10.4 Å². The zero-order valence-corrected chi connectivity index (χ0v) is 13.0. The van der Waals surface area contributed by atoms with Gasteiger partial charge in [0.1, 0.15) is 5.82 Å². The van der Waals surface area contributed by atoms with Crippen LogP contribution < -0.4 is 15.2 Å². The summed E-state index contributed by atoms with van der Waals surface area (Å²) in [7, 11) is 2.95. The van der Waals surface area contributed by atoms with Gasteiger partial charge in [-0.05, 0) is 30.3 Å². The van der Waals surface area contributed by atoms with Crippen LogP contribution >= 0.6 is 0 Å². The third-order valence-corrected chi connectivity index (χ3v) is 3.64. The molecule has 0 saturated heterocycles. The van der Waals surface area contributed by atoms with Gasteiger partial charge in [0.05, 0.1) is 26.3 Å². The van der Waals surface area contributed by atoms with E-state index in [2.05, 4.69) is 0 Å². The predicted molar refractivity (Wildman–Crippen MR) is 84.3 cm³/mol. The monoisotopic (exact) mass is 331 g/mol. The van der Waals surface area contributed by atoms with Crippen LogP contribution in [0.4, 0.5) is 4.39 Å². The van der Waals surface area contributed by atoms with Crippen molar-refractivity contribution in [3.8, 4) is 11.5 Å². The maximum atomic E-state index is 13.4. The largest absolute Gasteiger partial charge is 0.493 e. The molecule has 0 amide bonds. The Morgan fingerprint density at radius 3 is 2.58 bits per heavy atom. The van der Waals surface area contributed by atoms with Crippen LogP contribution in [0.25, 0.3) is 11.1 Å². The van der Waals surface area contributed by atoms with E-state index in [-0.39, 0.29) is 23.4 Å². The zero-order chi connectivity index (χ0) is 17.3. The summed E-state index contributed by atoms with van der Waals surface area (Å²) in [5.41, 5.74) is 0.792. The van der Waals surface area contributed by atoms with Crippen molar-refractivity contribution >= 4 is 16.9 Å². The van der Waals surface area contributed by atoms with Crippen molar-refractivity contribution in [1.82, 2.24) is 4.57 Å². The van der Waals surface area contributed by atoms with E-state index in [4.69, 9.17) is 13.9 Å².